The summed E-state index contributed by atoms with van der Waals surface area (Å²) in [5.74, 6) is 0.128. The van der Waals surface area contributed by atoms with Crippen LogP contribution in [-0.4, -0.2) is 5.78 Å². The van der Waals surface area contributed by atoms with Crippen LogP contribution in [0.1, 0.15) is 24.4 Å². The summed E-state index contributed by atoms with van der Waals surface area (Å²) in [7, 11) is 0. The molecule has 12 heavy (non-hydrogen) atoms. The van der Waals surface area contributed by atoms with Crippen molar-refractivity contribution in [1.82, 2.24) is 0 Å². The molecule has 2 nitrogen and oxygen atoms in total. The summed E-state index contributed by atoms with van der Waals surface area (Å²) < 4.78 is 4.92. The van der Waals surface area contributed by atoms with E-state index < -0.39 is 0 Å². The fourth-order valence-corrected chi connectivity index (χ4v) is 0.926. The molecule has 3 heteroatoms. The molecule has 0 fully saturated rings. The lowest BCUT2D eigenvalue weighted by atomic mass is 10.2. The van der Waals surface area contributed by atoms with Crippen LogP contribution in [0, 0.1) is 0 Å². The highest BCUT2D eigenvalue weighted by Gasteiger charge is 2.06. The molecular weight excluding hydrogens is 176 g/mol. The minimum Gasteiger partial charge on any atom is -0.441 e. The van der Waals surface area contributed by atoms with Crippen molar-refractivity contribution < 1.29 is 9.21 Å². The summed E-state index contributed by atoms with van der Waals surface area (Å²) in [5, 5.41) is 0.237. The molecular formula is C9H9ClO2. The van der Waals surface area contributed by atoms with Gasteiger partial charge in [0, 0.05) is 0 Å². The second-order valence-corrected chi connectivity index (χ2v) is 3.06. The molecule has 0 atom stereocenters. The Morgan fingerprint density at radius 3 is 2.58 bits per heavy atom. The number of rotatable bonds is 2. The van der Waals surface area contributed by atoms with Gasteiger partial charge < -0.3 is 4.42 Å². The number of carbonyl (C=O) groups is 1. The van der Waals surface area contributed by atoms with Gasteiger partial charge in [-0.1, -0.05) is 5.57 Å². The Balaban J connectivity index is 2.86. The zero-order valence-corrected chi connectivity index (χ0v) is 7.68. The van der Waals surface area contributed by atoms with Crippen molar-refractivity contribution in [3.8, 4) is 0 Å². The molecule has 1 aromatic heterocycles. The third-order valence-electron chi connectivity index (χ3n) is 1.24. The first-order valence-corrected chi connectivity index (χ1v) is 3.92. The Morgan fingerprint density at radius 1 is 1.50 bits per heavy atom. The second-order valence-electron chi connectivity index (χ2n) is 2.69. The largest absolute Gasteiger partial charge is 0.441 e. The molecule has 0 radical (unpaired) electrons. The number of allylic oxidation sites excluding steroid dienone is 2. The van der Waals surface area contributed by atoms with E-state index in [-0.39, 0.29) is 16.8 Å². The number of carbonyl (C=O) groups excluding carboxylic acids is 1. The zero-order valence-electron chi connectivity index (χ0n) is 6.93. The molecule has 1 rings (SSSR count). The lowest BCUT2D eigenvalue weighted by Gasteiger charge is -1.89. The van der Waals surface area contributed by atoms with Crippen molar-refractivity contribution >= 4 is 17.4 Å². The molecule has 0 bridgehead atoms. The van der Waals surface area contributed by atoms with Gasteiger partial charge in [0.2, 0.25) is 5.78 Å². The van der Waals surface area contributed by atoms with Crippen LogP contribution in [0.4, 0.5) is 0 Å². The van der Waals surface area contributed by atoms with Crippen LogP contribution in [0.25, 0.3) is 0 Å². The molecule has 0 aliphatic rings. The number of hydrogen-bond donors (Lipinski definition) is 0. The van der Waals surface area contributed by atoms with Crippen LogP contribution in [0.5, 0.6) is 0 Å². The van der Waals surface area contributed by atoms with Crippen LogP contribution < -0.4 is 0 Å². The van der Waals surface area contributed by atoms with Gasteiger partial charge in [0.25, 0.3) is 0 Å². The van der Waals surface area contributed by atoms with E-state index in [1.165, 1.54) is 6.08 Å². The van der Waals surface area contributed by atoms with Gasteiger partial charge in [-0.3, -0.25) is 4.79 Å². The van der Waals surface area contributed by atoms with E-state index in [4.69, 9.17) is 16.0 Å². The van der Waals surface area contributed by atoms with Gasteiger partial charge in [0.15, 0.2) is 11.0 Å². The van der Waals surface area contributed by atoms with E-state index >= 15 is 0 Å². The molecule has 1 heterocycles. The predicted octanol–water partition coefficient (Wildman–Crippen LogP) is 3.08. The first-order chi connectivity index (χ1) is 5.59. The molecule has 0 unspecified atom stereocenters. The van der Waals surface area contributed by atoms with Crippen molar-refractivity contribution in [2.24, 2.45) is 0 Å². The molecule has 0 saturated heterocycles. The summed E-state index contributed by atoms with van der Waals surface area (Å²) >= 11 is 5.50. The second kappa shape index (κ2) is 3.59. The number of halogens is 1. The number of hydrogen-bond acceptors (Lipinski definition) is 2. The molecule has 0 aromatic carbocycles. The fraction of sp³-hybridized carbons (Fsp3) is 0.222. The summed E-state index contributed by atoms with van der Waals surface area (Å²) in [4.78, 5) is 11.2. The molecule has 0 N–H and O–H groups in total. The van der Waals surface area contributed by atoms with Gasteiger partial charge in [0.05, 0.1) is 0 Å². The van der Waals surface area contributed by atoms with E-state index in [9.17, 15) is 4.79 Å². The maximum atomic E-state index is 11.2. The Labute approximate surface area is 75.8 Å². The number of ketones is 1. The van der Waals surface area contributed by atoms with E-state index in [0.29, 0.717) is 0 Å². The van der Waals surface area contributed by atoms with E-state index in [0.717, 1.165) is 5.57 Å². The average molecular weight is 185 g/mol. The van der Waals surface area contributed by atoms with Crippen molar-refractivity contribution in [2.45, 2.75) is 13.8 Å². The van der Waals surface area contributed by atoms with E-state index in [1.807, 2.05) is 13.8 Å². The molecule has 0 spiro atoms. The van der Waals surface area contributed by atoms with Crippen molar-refractivity contribution in [2.75, 3.05) is 0 Å². The van der Waals surface area contributed by atoms with Gasteiger partial charge in [-0.15, -0.1) is 0 Å². The molecule has 0 aliphatic carbocycles. The third kappa shape index (κ3) is 2.24. The van der Waals surface area contributed by atoms with Gasteiger partial charge >= 0.3 is 0 Å². The van der Waals surface area contributed by atoms with Crippen LogP contribution in [-0.2, 0) is 0 Å². The Bertz CT molecular complexity index is 319. The Kier molecular flexibility index (Phi) is 2.71. The fourth-order valence-electron chi connectivity index (χ4n) is 0.780. The minimum atomic E-state index is -0.151. The summed E-state index contributed by atoms with van der Waals surface area (Å²) in [5.41, 5.74) is 0.938. The highest BCUT2D eigenvalue weighted by atomic mass is 35.5. The van der Waals surface area contributed by atoms with E-state index in [2.05, 4.69) is 0 Å². The topological polar surface area (TPSA) is 30.2 Å². The molecule has 1 aromatic rings. The van der Waals surface area contributed by atoms with E-state index in [1.54, 1.807) is 12.1 Å². The quantitative estimate of drug-likeness (QED) is 0.522. The predicted molar refractivity (Wildman–Crippen MR) is 47.5 cm³/mol. The zero-order chi connectivity index (χ0) is 9.14. The molecule has 0 saturated carbocycles. The molecule has 0 aliphatic heterocycles. The summed E-state index contributed by atoms with van der Waals surface area (Å²) in [6.07, 6.45) is 1.51. The van der Waals surface area contributed by atoms with Crippen molar-refractivity contribution in [3.63, 3.8) is 0 Å². The van der Waals surface area contributed by atoms with Gasteiger partial charge in [-0.25, -0.2) is 0 Å². The average Bonchev–Trinajstić information content (AvgIpc) is 2.34. The molecule has 64 valence electrons. The standard InChI is InChI=1S/C9H9ClO2/c1-6(2)5-7(11)8-3-4-9(10)12-8/h3-5H,1-2H3. The summed E-state index contributed by atoms with van der Waals surface area (Å²) in [6, 6.07) is 3.11. The van der Waals surface area contributed by atoms with Crippen molar-refractivity contribution in [3.05, 3.63) is 34.8 Å². The van der Waals surface area contributed by atoms with Crippen LogP contribution in [0.2, 0.25) is 5.22 Å². The van der Waals surface area contributed by atoms with Gasteiger partial charge in [-0.05, 0) is 43.7 Å². The van der Waals surface area contributed by atoms with Gasteiger partial charge in [0.1, 0.15) is 0 Å². The van der Waals surface area contributed by atoms with Crippen molar-refractivity contribution in [1.29, 1.82) is 0 Å². The Hall–Kier alpha value is -1.02. The smallest absolute Gasteiger partial charge is 0.221 e. The Morgan fingerprint density at radius 2 is 2.17 bits per heavy atom. The molecule has 0 amide bonds. The normalized spacial score (nSPS) is 9.58. The maximum Gasteiger partial charge on any atom is 0.221 e. The SMILES string of the molecule is CC(C)=CC(=O)c1ccc(Cl)o1. The summed E-state index contributed by atoms with van der Waals surface area (Å²) in [6.45, 7) is 3.70. The van der Waals surface area contributed by atoms with Crippen LogP contribution >= 0.6 is 11.6 Å². The van der Waals surface area contributed by atoms with Crippen LogP contribution in [0.15, 0.2) is 28.2 Å². The van der Waals surface area contributed by atoms with Crippen LogP contribution in [0.3, 0.4) is 0 Å². The first kappa shape index (κ1) is 9.07. The van der Waals surface area contributed by atoms with Gasteiger partial charge in [-0.2, -0.15) is 0 Å². The highest BCUT2D eigenvalue weighted by Crippen LogP contribution is 2.14. The lowest BCUT2D eigenvalue weighted by molar-refractivity contribution is 0.102. The maximum absolute atomic E-state index is 11.2. The highest BCUT2D eigenvalue weighted by molar-refractivity contribution is 6.29. The third-order valence-corrected chi connectivity index (χ3v) is 1.44. The minimum absolute atomic E-state index is 0.151. The monoisotopic (exact) mass is 184 g/mol. The first-order valence-electron chi connectivity index (χ1n) is 3.54. The lowest BCUT2D eigenvalue weighted by Crippen LogP contribution is -1.91. The number of furan rings is 1.